The van der Waals surface area contributed by atoms with E-state index in [2.05, 4.69) is 46.4 Å². The Morgan fingerprint density at radius 2 is 2.04 bits per heavy atom. The molecule has 2 unspecified atom stereocenters. The van der Waals surface area contributed by atoms with Gasteiger partial charge in [0.05, 0.1) is 18.0 Å². The molecule has 2 atom stereocenters. The molecule has 0 saturated carbocycles. The van der Waals surface area contributed by atoms with Crippen LogP contribution in [-0.2, 0) is 13.0 Å². The highest BCUT2D eigenvalue weighted by Gasteiger charge is 2.19. The summed E-state index contributed by atoms with van der Waals surface area (Å²) in [4.78, 5) is 6.44. The molecule has 2 N–H and O–H groups in total. The van der Waals surface area contributed by atoms with E-state index in [1.165, 1.54) is 23.4 Å². The van der Waals surface area contributed by atoms with Crippen LogP contribution in [0, 0.1) is 5.82 Å². The first-order chi connectivity index (χ1) is 12.2. The monoisotopic (exact) mass is 343 g/mol. The lowest BCUT2D eigenvalue weighted by Crippen LogP contribution is -2.41. The molecule has 1 aromatic heterocycles. The molecule has 0 aliphatic carbocycles. The second kappa shape index (κ2) is 8.52. The van der Waals surface area contributed by atoms with Gasteiger partial charge in [0.2, 0.25) is 0 Å². The molecule has 0 radical (unpaired) electrons. The van der Waals surface area contributed by atoms with Gasteiger partial charge in [0, 0.05) is 32.2 Å². The van der Waals surface area contributed by atoms with E-state index >= 15 is 0 Å². The predicted molar refractivity (Wildman–Crippen MR) is 96.7 cm³/mol. The third-order valence-electron chi connectivity index (χ3n) is 4.79. The molecule has 0 saturated heterocycles. The van der Waals surface area contributed by atoms with Gasteiger partial charge in [0.25, 0.3) is 0 Å². The van der Waals surface area contributed by atoms with Crippen LogP contribution >= 0.6 is 0 Å². The Kier molecular flexibility index (Phi) is 6.13. The highest BCUT2D eigenvalue weighted by atomic mass is 19.1. The van der Waals surface area contributed by atoms with Crippen molar-refractivity contribution in [2.45, 2.75) is 38.5 Å². The standard InChI is InChI=1S/C20H26FN3O/c1-2-19(20-8-7-17(21)11-22-20)23-12-18(25)14-24-10-9-15-5-3-4-6-16(15)13-24/h3-8,11,18-19,23,25H,2,9-10,12-14H2,1H3. The maximum absolute atomic E-state index is 13.0. The molecule has 3 rings (SSSR count). The van der Waals surface area contributed by atoms with Crippen LogP contribution in [0.2, 0.25) is 0 Å². The lowest BCUT2D eigenvalue weighted by atomic mass is 10.00. The summed E-state index contributed by atoms with van der Waals surface area (Å²) in [5.41, 5.74) is 3.58. The number of rotatable bonds is 7. The Morgan fingerprint density at radius 1 is 1.24 bits per heavy atom. The fourth-order valence-corrected chi connectivity index (χ4v) is 3.40. The summed E-state index contributed by atoms with van der Waals surface area (Å²) in [7, 11) is 0. The minimum Gasteiger partial charge on any atom is -0.390 e. The Hall–Kier alpha value is -1.82. The zero-order chi connectivity index (χ0) is 17.6. The second-order valence-corrected chi connectivity index (χ2v) is 6.68. The molecule has 2 aromatic rings. The largest absolute Gasteiger partial charge is 0.390 e. The van der Waals surface area contributed by atoms with E-state index in [0.717, 1.165) is 31.6 Å². The predicted octanol–water partition coefficient (Wildman–Crippen LogP) is 2.68. The Labute approximate surface area is 148 Å². The van der Waals surface area contributed by atoms with Crippen LogP contribution in [0.25, 0.3) is 0 Å². The number of hydrogen-bond donors (Lipinski definition) is 2. The van der Waals surface area contributed by atoms with Crippen LogP contribution in [0.15, 0.2) is 42.6 Å². The summed E-state index contributed by atoms with van der Waals surface area (Å²) >= 11 is 0. The van der Waals surface area contributed by atoms with E-state index in [-0.39, 0.29) is 11.9 Å². The topological polar surface area (TPSA) is 48.4 Å². The summed E-state index contributed by atoms with van der Waals surface area (Å²) in [5.74, 6) is -0.330. The van der Waals surface area contributed by atoms with Gasteiger partial charge in [-0.05, 0) is 36.1 Å². The minimum absolute atomic E-state index is 0.0253. The van der Waals surface area contributed by atoms with Crippen molar-refractivity contribution in [2.75, 3.05) is 19.6 Å². The molecule has 0 fully saturated rings. The number of aromatic nitrogens is 1. The summed E-state index contributed by atoms with van der Waals surface area (Å²) in [6, 6.07) is 11.7. The van der Waals surface area contributed by atoms with E-state index in [1.807, 2.05) is 0 Å². The van der Waals surface area contributed by atoms with Gasteiger partial charge >= 0.3 is 0 Å². The van der Waals surface area contributed by atoms with Crippen molar-refractivity contribution < 1.29 is 9.50 Å². The van der Waals surface area contributed by atoms with Crippen LogP contribution in [-0.4, -0.2) is 40.7 Å². The first-order valence-corrected chi connectivity index (χ1v) is 8.97. The average molecular weight is 343 g/mol. The van der Waals surface area contributed by atoms with Crippen LogP contribution in [0.1, 0.15) is 36.2 Å². The van der Waals surface area contributed by atoms with Crippen LogP contribution in [0.4, 0.5) is 4.39 Å². The molecule has 1 aliphatic heterocycles. The summed E-state index contributed by atoms with van der Waals surface area (Å²) in [6.45, 7) is 5.07. The van der Waals surface area contributed by atoms with Gasteiger partial charge in [-0.3, -0.25) is 9.88 Å². The van der Waals surface area contributed by atoms with Gasteiger partial charge in [-0.25, -0.2) is 4.39 Å². The molecular formula is C20H26FN3O. The van der Waals surface area contributed by atoms with Crippen molar-refractivity contribution in [1.82, 2.24) is 15.2 Å². The smallest absolute Gasteiger partial charge is 0.141 e. The molecule has 5 heteroatoms. The van der Waals surface area contributed by atoms with Gasteiger partial charge in [0.15, 0.2) is 0 Å². The quantitative estimate of drug-likeness (QED) is 0.811. The molecular weight excluding hydrogens is 317 g/mol. The van der Waals surface area contributed by atoms with Crippen molar-refractivity contribution in [2.24, 2.45) is 0 Å². The number of pyridine rings is 1. The SMILES string of the molecule is CCC(NCC(O)CN1CCc2ccccc2C1)c1ccc(F)cn1. The zero-order valence-corrected chi connectivity index (χ0v) is 14.7. The number of aliphatic hydroxyl groups excluding tert-OH is 1. The van der Waals surface area contributed by atoms with Crippen LogP contribution in [0.5, 0.6) is 0 Å². The van der Waals surface area contributed by atoms with Gasteiger partial charge in [-0.15, -0.1) is 0 Å². The number of nitrogens with zero attached hydrogens (tertiary/aromatic N) is 2. The molecule has 2 heterocycles. The third-order valence-corrected chi connectivity index (χ3v) is 4.79. The van der Waals surface area contributed by atoms with E-state index < -0.39 is 6.10 Å². The fraction of sp³-hybridized carbons (Fsp3) is 0.450. The lowest BCUT2D eigenvalue weighted by molar-refractivity contribution is 0.101. The van der Waals surface area contributed by atoms with E-state index in [1.54, 1.807) is 6.07 Å². The van der Waals surface area contributed by atoms with E-state index in [9.17, 15) is 9.50 Å². The average Bonchev–Trinajstić information content (AvgIpc) is 2.63. The van der Waals surface area contributed by atoms with Crippen molar-refractivity contribution in [3.05, 3.63) is 65.2 Å². The molecule has 134 valence electrons. The van der Waals surface area contributed by atoms with Crippen LogP contribution in [0.3, 0.4) is 0 Å². The van der Waals surface area contributed by atoms with Crippen molar-refractivity contribution in [3.63, 3.8) is 0 Å². The Balaban J connectivity index is 1.49. The zero-order valence-electron chi connectivity index (χ0n) is 14.7. The Bertz CT molecular complexity index is 677. The summed E-state index contributed by atoms with van der Waals surface area (Å²) < 4.78 is 13.0. The number of hydrogen-bond acceptors (Lipinski definition) is 4. The van der Waals surface area contributed by atoms with Gasteiger partial charge in [-0.2, -0.15) is 0 Å². The lowest BCUT2D eigenvalue weighted by Gasteiger charge is -2.30. The summed E-state index contributed by atoms with van der Waals surface area (Å²) in [6.07, 6.45) is 2.66. The van der Waals surface area contributed by atoms with Gasteiger partial charge < -0.3 is 10.4 Å². The van der Waals surface area contributed by atoms with E-state index in [0.29, 0.717) is 13.1 Å². The number of benzene rings is 1. The van der Waals surface area contributed by atoms with Gasteiger partial charge in [-0.1, -0.05) is 31.2 Å². The molecule has 25 heavy (non-hydrogen) atoms. The number of aliphatic hydroxyl groups is 1. The second-order valence-electron chi connectivity index (χ2n) is 6.68. The Morgan fingerprint density at radius 3 is 2.76 bits per heavy atom. The maximum Gasteiger partial charge on any atom is 0.141 e. The third kappa shape index (κ3) is 4.84. The highest BCUT2D eigenvalue weighted by molar-refractivity contribution is 5.29. The van der Waals surface area contributed by atoms with Crippen molar-refractivity contribution in [3.8, 4) is 0 Å². The molecule has 0 spiro atoms. The van der Waals surface area contributed by atoms with Gasteiger partial charge in [0.1, 0.15) is 5.82 Å². The number of fused-ring (bicyclic) bond motifs is 1. The van der Waals surface area contributed by atoms with Crippen molar-refractivity contribution in [1.29, 1.82) is 0 Å². The number of β-amino-alcohol motifs (C(OH)–C–C–N with tert-alkyl or cyclic N) is 1. The fourth-order valence-electron chi connectivity index (χ4n) is 3.40. The van der Waals surface area contributed by atoms with Crippen LogP contribution < -0.4 is 5.32 Å². The minimum atomic E-state index is -0.445. The molecule has 0 bridgehead atoms. The molecule has 0 amide bonds. The molecule has 4 nitrogen and oxygen atoms in total. The van der Waals surface area contributed by atoms with Crippen molar-refractivity contribution >= 4 is 0 Å². The first kappa shape index (κ1) is 18.0. The maximum atomic E-state index is 13.0. The highest BCUT2D eigenvalue weighted by Crippen LogP contribution is 2.19. The number of nitrogens with one attached hydrogen (secondary N) is 1. The number of halogens is 1. The first-order valence-electron chi connectivity index (χ1n) is 8.97. The molecule has 1 aliphatic rings. The normalized spacial score (nSPS) is 17.1. The molecule has 1 aromatic carbocycles. The summed E-state index contributed by atoms with van der Waals surface area (Å²) in [5, 5.41) is 13.8. The van der Waals surface area contributed by atoms with E-state index in [4.69, 9.17) is 0 Å².